The van der Waals surface area contributed by atoms with Crippen molar-refractivity contribution in [3.8, 4) is 16.9 Å². The molecule has 0 fully saturated rings. The first kappa shape index (κ1) is 10.3. The SMILES string of the molecule is O=C1c2ccccc2-c2c1cnn2-c1ccccc1. The van der Waals surface area contributed by atoms with Gasteiger partial charge < -0.3 is 0 Å². The van der Waals surface area contributed by atoms with Gasteiger partial charge in [0, 0.05) is 11.1 Å². The van der Waals surface area contributed by atoms with E-state index in [0.717, 1.165) is 22.5 Å². The van der Waals surface area contributed by atoms with Gasteiger partial charge in [0.05, 0.1) is 23.1 Å². The lowest BCUT2D eigenvalue weighted by Crippen LogP contribution is -1.98. The predicted octanol–water partition coefficient (Wildman–Crippen LogP) is 3.08. The highest BCUT2D eigenvalue weighted by atomic mass is 16.1. The number of nitrogens with zero attached hydrogens (tertiary/aromatic N) is 2. The van der Waals surface area contributed by atoms with Gasteiger partial charge in [-0.15, -0.1) is 0 Å². The van der Waals surface area contributed by atoms with Crippen LogP contribution in [0.15, 0.2) is 60.8 Å². The summed E-state index contributed by atoms with van der Waals surface area (Å²) in [6.45, 7) is 0. The molecule has 4 rings (SSSR count). The highest BCUT2D eigenvalue weighted by molar-refractivity contribution is 6.21. The minimum atomic E-state index is 0.0628. The van der Waals surface area contributed by atoms with Crippen LogP contribution in [0.1, 0.15) is 15.9 Å². The summed E-state index contributed by atoms with van der Waals surface area (Å²) in [5.41, 5.74) is 4.27. The zero-order valence-corrected chi connectivity index (χ0v) is 10.1. The third-order valence-corrected chi connectivity index (χ3v) is 3.44. The Hall–Kier alpha value is -2.68. The molecular formula is C16H10N2O. The average Bonchev–Trinajstić information content (AvgIpc) is 3.02. The van der Waals surface area contributed by atoms with Gasteiger partial charge in [-0.25, -0.2) is 4.68 Å². The van der Waals surface area contributed by atoms with Crippen LogP contribution in [-0.2, 0) is 0 Å². The van der Waals surface area contributed by atoms with Gasteiger partial charge in [0.2, 0.25) is 0 Å². The van der Waals surface area contributed by atoms with E-state index >= 15 is 0 Å². The molecule has 1 aromatic heterocycles. The zero-order chi connectivity index (χ0) is 12.8. The first-order valence-electron chi connectivity index (χ1n) is 6.14. The van der Waals surface area contributed by atoms with Gasteiger partial charge in [-0.3, -0.25) is 4.79 Å². The number of benzene rings is 2. The van der Waals surface area contributed by atoms with E-state index in [1.165, 1.54) is 0 Å². The van der Waals surface area contributed by atoms with Crippen LogP contribution < -0.4 is 0 Å². The molecular weight excluding hydrogens is 236 g/mol. The van der Waals surface area contributed by atoms with Crippen molar-refractivity contribution in [2.24, 2.45) is 0 Å². The van der Waals surface area contributed by atoms with Crippen LogP contribution in [0.25, 0.3) is 16.9 Å². The van der Waals surface area contributed by atoms with Gasteiger partial charge in [-0.2, -0.15) is 5.10 Å². The monoisotopic (exact) mass is 246 g/mol. The Balaban J connectivity index is 2.03. The lowest BCUT2D eigenvalue weighted by atomic mass is 10.1. The molecule has 0 unspecified atom stereocenters. The number of ketones is 1. The highest BCUT2D eigenvalue weighted by Gasteiger charge is 2.30. The van der Waals surface area contributed by atoms with Gasteiger partial charge in [-0.05, 0) is 12.1 Å². The second-order valence-corrected chi connectivity index (χ2v) is 4.53. The molecule has 3 nitrogen and oxygen atoms in total. The minimum absolute atomic E-state index is 0.0628. The van der Waals surface area contributed by atoms with Gasteiger partial charge in [0.15, 0.2) is 5.78 Å². The summed E-state index contributed by atoms with van der Waals surface area (Å²) in [6, 6.07) is 17.5. The number of carbonyl (C=O) groups excluding carboxylic acids is 1. The number of para-hydroxylation sites is 1. The number of fused-ring (bicyclic) bond motifs is 3. The third kappa shape index (κ3) is 1.32. The van der Waals surface area contributed by atoms with Crippen molar-refractivity contribution in [3.05, 3.63) is 71.9 Å². The van der Waals surface area contributed by atoms with Gasteiger partial charge >= 0.3 is 0 Å². The van der Waals surface area contributed by atoms with E-state index in [4.69, 9.17) is 0 Å². The Bertz CT molecular complexity index is 788. The van der Waals surface area contributed by atoms with E-state index in [0.29, 0.717) is 5.56 Å². The molecule has 0 radical (unpaired) electrons. The van der Waals surface area contributed by atoms with E-state index in [2.05, 4.69) is 5.10 Å². The molecule has 0 amide bonds. The minimum Gasteiger partial charge on any atom is -0.288 e. The standard InChI is InChI=1S/C16H10N2O/c19-16-13-9-5-4-8-12(13)15-14(16)10-17-18(15)11-6-2-1-3-7-11/h1-10H. The quantitative estimate of drug-likeness (QED) is 0.517. The second kappa shape index (κ2) is 3.65. The fourth-order valence-corrected chi connectivity index (χ4v) is 2.57. The van der Waals surface area contributed by atoms with E-state index in [9.17, 15) is 4.79 Å². The van der Waals surface area contributed by atoms with Crippen LogP contribution in [0, 0.1) is 0 Å². The Morgan fingerprint density at radius 2 is 1.47 bits per heavy atom. The molecule has 0 spiro atoms. The molecule has 90 valence electrons. The predicted molar refractivity (Wildman–Crippen MR) is 72.4 cm³/mol. The van der Waals surface area contributed by atoms with Crippen molar-refractivity contribution in [2.45, 2.75) is 0 Å². The first-order valence-corrected chi connectivity index (χ1v) is 6.14. The molecule has 1 aliphatic carbocycles. The number of rotatable bonds is 1. The summed E-state index contributed by atoms with van der Waals surface area (Å²) in [6.07, 6.45) is 1.66. The van der Waals surface area contributed by atoms with Crippen molar-refractivity contribution in [1.82, 2.24) is 9.78 Å². The van der Waals surface area contributed by atoms with Crippen molar-refractivity contribution in [1.29, 1.82) is 0 Å². The molecule has 3 aromatic rings. The maximum Gasteiger partial charge on any atom is 0.197 e. The van der Waals surface area contributed by atoms with Crippen LogP contribution in [0.5, 0.6) is 0 Å². The molecule has 1 heterocycles. The van der Waals surface area contributed by atoms with Crippen LogP contribution in [-0.4, -0.2) is 15.6 Å². The summed E-state index contributed by atoms with van der Waals surface area (Å²) in [5.74, 6) is 0.0628. The largest absolute Gasteiger partial charge is 0.288 e. The number of hydrogen-bond donors (Lipinski definition) is 0. The van der Waals surface area contributed by atoms with E-state index < -0.39 is 0 Å². The molecule has 0 saturated carbocycles. The van der Waals surface area contributed by atoms with E-state index in [1.54, 1.807) is 6.20 Å². The molecule has 0 saturated heterocycles. The molecule has 2 aromatic carbocycles. The zero-order valence-electron chi connectivity index (χ0n) is 10.1. The lowest BCUT2D eigenvalue weighted by molar-refractivity contribution is 0.104. The maximum absolute atomic E-state index is 12.3. The van der Waals surface area contributed by atoms with E-state index in [1.807, 2.05) is 59.3 Å². The van der Waals surface area contributed by atoms with Crippen molar-refractivity contribution >= 4 is 5.78 Å². The summed E-state index contributed by atoms with van der Waals surface area (Å²) in [5, 5.41) is 4.35. The maximum atomic E-state index is 12.3. The van der Waals surface area contributed by atoms with Crippen molar-refractivity contribution in [3.63, 3.8) is 0 Å². The smallest absolute Gasteiger partial charge is 0.197 e. The molecule has 0 N–H and O–H groups in total. The van der Waals surface area contributed by atoms with Crippen molar-refractivity contribution < 1.29 is 4.79 Å². The van der Waals surface area contributed by atoms with Crippen molar-refractivity contribution in [2.75, 3.05) is 0 Å². The second-order valence-electron chi connectivity index (χ2n) is 4.53. The molecule has 1 aliphatic rings. The number of hydrogen-bond acceptors (Lipinski definition) is 2. The Morgan fingerprint density at radius 3 is 2.26 bits per heavy atom. The molecule has 19 heavy (non-hydrogen) atoms. The van der Waals surface area contributed by atoms with Crippen LogP contribution in [0.2, 0.25) is 0 Å². The van der Waals surface area contributed by atoms with Gasteiger partial charge in [-0.1, -0.05) is 42.5 Å². The summed E-state index contributed by atoms with van der Waals surface area (Å²) in [4.78, 5) is 12.3. The molecule has 3 heteroatoms. The summed E-state index contributed by atoms with van der Waals surface area (Å²) >= 11 is 0. The van der Waals surface area contributed by atoms with E-state index in [-0.39, 0.29) is 5.78 Å². The van der Waals surface area contributed by atoms with Crippen LogP contribution >= 0.6 is 0 Å². The first-order chi connectivity index (χ1) is 9.36. The topological polar surface area (TPSA) is 34.9 Å². The van der Waals surface area contributed by atoms with Crippen LogP contribution in [0.4, 0.5) is 0 Å². The third-order valence-electron chi connectivity index (χ3n) is 3.44. The Labute approximate surface area is 110 Å². The Morgan fingerprint density at radius 1 is 0.789 bits per heavy atom. The van der Waals surface area contributed by atoms with Gasteiger partial charge in [0.1, 0.15) is 0 Å². The average molecular weight is 246 g/mol. The molecule has 0 atom stereocenters. The lowest BCUT2D eigenvalue weighted by Gasteiger charge is -2.06. The summed E-state index contributed by atoms with van der Waals surface area (Å²) in [7, 11) is 0. The fraction of sp³-hybridized carbons (Fsp3) is 0. The number of aromatic nitrogens is 2. The summed E-state index contributed by atoms with van der Waals surface area (Å²) < 4.78 is 1.83. The van der Waals surface area contributed by atoms with Gasteiger partial charge in [0.25, 0.3) is 0 Å². The number of carbonyl (C=O) groups is 1. The normalized spacial score (nSPS) is 12.3. The highest BCUT2D eigenvalue weighted by Crippen LogP contribution is 2.37. The molecule has 0 bridgehead atoms. The Kier molecular flexibility index (Phi) is 1.97. The fourth-order valence-electron chi connectivity index (χ4n) is 2.57. The van der Waals surface area contributed by atoms with Crippen LogP contribution in [0.3, 0.4) is 0 Å². The molecule has 0 aliphatic heterocycles.